The number of hydrogen-bond donors (Lipinski definition) is 1. The van der Waals surface area contributed by atoms with Crippen molar-refractivity contribution in [3.63, 3.8) is 0 Å². The molecule has 0 saturated carbocycles. The minimum absolute atomic E-state index is 0.0771. The number of methoxy groups -OCH3 is 5. The van der Waals surface area contributed by atoms with E-state index in [0.717, 1.165) is 40.7 Å². The summed E-state index contributed by atoms with van der Waals surface area (Å²) in [6.45, 7) is 0. The number of carboxylic acids is 1. The Morgan fingerprint density at radius 3 is 1.68 bits per heavy atom. The van der Waals surface area contributed by atoms with E-state index in [2.05, 4.69) is 30.3 Å². The number of halogens is 3. The summed E-state index contributed by atoms with van der Waals surface area (Å²) in [5.41, 5.74) is 4.77. The third kappa shape index (κ3) is 6.24. The van der Waals surface area contributed by atoms with Crippen molar-refractivity contribution in [2.24, 2.45) is 0 Å². The Kier molecular flexibility index (Phi) is 8.98. The van der Waals surface area contributed by atoms with Crippen molar-refractivity contribution in [1.82, 2.24) is 0 Å². The SMILES string of the molecule is COc1ccc([C@H]2Cc3cc(OC)cc(OC)c3[C@@H]2c2cc(OC)cc(OC)c2)cc1.O=C(O)C(F)(F)F. The molecule has 0 bridgehead atoms. The van der Waals surface area contributed by atoms with Crippen molar-refractivity contribution < 1.29 is 46.8 Å². The van der Waals surface area contributed by atoms with Crippen LogP contribution in [0, 0.1) is 0 Å². The molecule has 0 amide bonds. The van der Waals surface area contributed by atoms with Gasteiger partial charge in [0.05, 0.1) is 35.5 Å². The highest BCUT2D eigenvalue weighted by atomic mass is 19.4. The van der Waals surface area contributed by atoms with Crippen molar-refractivity contribution >= 4 is 5.97 Å². The lowest BCUT2D eigenvalue weighted by Gasteiger charge is -2.24. The van der Waals surface area contributed by atoms with Crippen LogP contribution in [-0.2, 0) is 11.2 Å². The molecule has 1 aliphatic carbocycles. The fourth-order valence-corrected chi connectivity index (χ4v) is 4.59. The van der Waals surface area contributed by atoms with Crippen molar-refractivity contribution in [1.29, 1.82) is 0 Å². The van der Waals surface area contributed by atoms with Crippen LogP contribution in [0.1, 0.15) is 34.1 Å². The molecule has 0 radical (unpaired) electrons. The Morgan fingerprint density at radius 1 is 0.737 bits per heavy atom. The second kappa shape index (κ2) is 12.0. The minimum Gasteiger partial charge on any atom is -0.497 e. The molecule has 204 valence electrons. The molecule has 0 aliphatic heterocycles. The summed E-state index contributed by atoms with van der Waals surface area (Å²) in [5, 5.41) is 7.12. The smallest absolute Gasteiger partial charge is 0.490 e. The van der Waals surface area contributed by atoms with Gasteiger partial charge in [0.15, 0.2) is 0 Å². The fourth-order valence-electron chi connectivity index (χ4n) is 4.59. The van der Waals surface area contributed by atoms with Gasteiger partial charge in [-0.2, -0.15) is 13.2 Å². The van der Waals surface area contributed by atoms with Gasteiger partial charge >= 0.3 is 12.1 Å². The van der Waals surface area contributed by atoms with Gasteiger partial charge in [-0.25, -0.2) is 4.79 Å². The second-order valence-electron chi connectivity index (χ2n) is 8.41. The Hall–Kier alpha value is -4.08. The Bertz CT molecular complexity index is 1230. The van der Waals surface area contributed by atoms with Crippen molar-refractivity contribution in [3.8, 4) is 28.7 Å². The third-order valence-electron chi connectivity index (χ3n) is 6.33. The number of carbonyl (C=O) groups is 1. The number of alkyl halides is 3. The van der Waals surface area contributed by atoms with E-state index in [1.165, 1.54) is 16.7 Å². The maximum absolute atomic E-state index is 10.6. The highest BCUT2D eigenvalue weighted by Crippen LogP contribution is 2.53. The standard InChI is InChI=1S/C26H28O5.C2HF3O2/c1-27-19-8-6-16(7-9-19)23-13-18-12-22(30-4)15-24(31-5)26(18)25(23)17-10-20(28-2)14-21(11-17)29-3;3-2(4,5)1(6)7/h6-12,14-15,23,25H,13H2,1-5H3;(H,6,7)/t23-,25-;/m1./s1. The fraction of sp³-hybridized carbons (Fsp3) is 0.321. The summed E-state index contributed by atoms with van der Waals surface area (Å²) < 4.78 is 59.6. The van der Waals surface area contributed by atoms with E-state index >= 15 is 0 Å². The molecule has 0 unspecified atom stereocenters. The molecular formula is C28H29F3O7. The zero-order valence-electron chi connectivity index (χ0n) is 21.6. The quantitative estimate of drug-likeness (QED) is 0.408. The molecule has 3 aromatic carbocycles. The van der Waals surface area contributed by atoms with E-state index in [1.54, 1.807) is 35.5 Å². The van der Waals surface area contributed by atoms with Gasteiger partial charge in [0.25, 0.3) is 0 Å². The molecule has 1 N–H and O–H groups in total. The van der Waals surface area contributed by atoms with Crippen molar-refractivity contribution in [2.45, 2.75) is 24.4 Å². The van der Waals surface area contributed by atoms with E-state index in [9.17, 15) is 13.2 Å². The van der Waals surface area contributed by atoms with Crippen molar-refractivity contribution in [3.05, 3.63) is 76.9 Å². The van der Waals surface area contributed by atoms with Gasteiger partial charge in [-0.05, 0) is 59.4 Å². The molecule has 1 aliphatic rings. The topological polar surface area (TPSA) is 83.5 Å². The number of carboxylic acid groups (broad SMARTS) is 1. The van der Waals surface area contributed by atoms with Crippen LogP contribution >= 0.6 is 0 Å². The molecule has 0 saturated heterocycles. The monoisotopic (exact) mass is 534 g/mol. The van der Waals surface area contributed by atoms with Crippen LogP contribution in [0.25, 0.3) is 0 Å². The molecule has 0 spiro atoms. The molecule has 0 aromatic heterocycles. The predicted molar refractivity (Wildman–Crippen MR) is 134 cm³/mol. The molecule has 38 heavy (non-hydrogen) atoms. The van der Waals surface area contributed by atoms with Crippen LogP contribution < -0.4 is 23.7 Å². The average Bonchev–Trinajstić information content (AvgIpc) is 3.31. The molecule has 2 atom stereocenters. The lowest BCUT2D eigenvalue weighted by molar-refractivity contribution is -0.192. The minimum atomic E-state index is -5.08. The summed E-state index contributed by atoms with van der Waals surface area (Å²) in [6, 6.07) is 18.5. The molecule has 7 nitrogen and oxygen atoms in total. The van der Waals surface area contributed by atoms with Crippen LogP contribution in [0.4, 0.5) is 13.2 Å². The molecule has 10 heteroatoms. The number of ether oxygens (including phenoxy) is 5. The zero-order valence-corrected chi connectivity index (χ0v) is 21.6. The van der Waals surface area contributed by atoms with Gasteiger partial charge < -0.3 is 28.8 Å². The number of rotatable bonds is 7. The first-order valence-corrected chi connectivity index (χ1v) is 11.5. The van der Waals surface area contributed by atoms with E-state index in [-0.39, 0.29) is 11.8 Å². The van der Waals surface area contributed by atoms with Crippen molar-refractivity contribution in [2.75, 3.05) is 35.5 Å². The van der Waals surface area contributed by atoms with Gasteiger partial charge in [0.1, 0.15) is 28.7 Å². The van der Waals surface area contributed by atoms with E-state index in [4.69, 9.17) is 33.6 Å². The van der Waals surface area contributed by atoms with E-state index in [1.807, 2.05) is 24.3 Å². The van der Waals surface area contributed by atoms with Crippen LogP contribution in [0.15, 0.2) is 54.6 Å². The number of benzene rings is 3. The molecule has 4 rings (SSSR count). The molecular weight excluding hydrogens is 505 g/mol. The van der Waals surface area contributed by atoms with Crippen LogP contribution in [0.2, 0.25) is 0 Å². The average molecular weight is 535 g/mol. The summed E-state index contributed by atoms with van der Waals surface area (Å²) in [7, 11) is 8.42. The highest BCUT2D eigenvalue weighted by Gasteiger charge is 2.39. The van der Waals surface area contributed by atoms with Crippen LogP contribution in [-0.4, -0.2) is 52.8 Å². The normalized spacial score (nSPS) is 16.0. The summed E-state index contributed by atoms with van der Waals surface area (Å²) in [5.74, 6) is 1.55. The molecule has 3 aromatic rings. The Morgan fingerprint density at radius 2 is 1.24 bits per heavy atom. The van der Waals surface area contributed by atoms with Crippen LogP contribution in [0.3, 0.4) is 0 Å². The highest BCUT2D eigenvalue weighted by molar-refractivity contribution is 5.73. The number of fused-ring (bicyclic) bond motifs is 1. The summed E-state index contributed by atoms with van der Waals surface area (Å²) >= 11 is 0. The van der Waals surface area contributed by atoms with Gasteiger partial charge in [0.2, 0.25) is 0 Å². The van der Waals surface area contributed by atoms with Crippen LogP contribution in [0.5, 0.6) is 28.7 Å². The first-order valence-electron chi connectivity index (χ1n) is 11.5. The first kappa shape index (κ1) is 28.5. The van der Waals surface area contributed by atoms with E-state index < -0.39 is 12.1 Å². The Balaban J connectivity index is 0.000000505. The largest absolute Gasteiger partial charge is 0.497 e. The van der Waals surface area contributed by atoms with Gasteiger partial charge in [-0.1, -0.05) is 12.1 Å². The number of aliphatic carboxylic acids is 1. The predicted octanol–water partition coefficient (Wildman–Crippen LogP) is 5.83. The van der Waals surface area contributed by atoms with Gasteiger partial charge in [-0.3, -0.25) is 0 Å². The molecule has 0 heterocycles. The Labute approximate surface area is 218 Å². The van der Waals surface area contributed by atoms with E-state index in [0.29, 0.717) is 0 Å². The number of hydrogen-bond acceptors (Lipinski definition) is 6. The first-order chi connectivity index (χ1) is 18.1. The summed E-state index contributed by atoms with van der Waals surface area (Å²) in [6.07, 6.45) is -4.21. The zero-order chi connectivity index (χ0) is 28.0. The molecule has 0 fully saturated rings. The van der Waals surface area contributed by atoms with Gasteiger partial charge in [-0.15, -0.1) is 0 Å². The maximum atomic E-state index is 10.6. The lowest BCUT2D eigenvalue weighted by Crippen LogP contribution is -2.21. The second-order valence-corrected chi connectivity index (χ2v) is 8.41. The summed E-state index contributed by atoms with van der Waals surface area (Å²) in [4.78, 5) is 8.90. The third-order valence-corrected chi connectivity index (χ3v) is 6.33. The maximum Gasteiger partial charge on any atom is 0.490 e. The van der Waals surface area contributed by atoms with Gasteiger partial charge in [0, 0.05) is 23.6 Å². The lowest BCUT2D eigenvalue weighted by atomic mass is 9.81.